The van der Waals surface area contributed by atoms with E-state index in [0.29, 0.717) is 24.3 Å². The van der Waals surface area contributed by atoms with Gasteiger partial charge in [0.1, 0.15) is 0 Å². The third-order valence-electron chi connectivity index (χ3n) is 4.84. The van der Waals surface area contributed by atoms with Gasteiger partial charge in [-0.15, -0.1) is 0 Å². The number of carbonyl (C=O) groups excluding carboxylic acids is 3. The van der Waals surface area contributed by atoms with Crippen LogP contribution in [0.15, 0.2) is 54.6 Å². The Morgan fingerprint density at radius 1 is 1.07 bits per heavy atom. The van der Waals surface area contributed by atoms with E-state index >= 15 is 0 Å². The molecule has 0 unspecified atom stereocenters. The Bertz CT molecular complexity index is 1060. The molecule has 0 saturated carbocycles. The summed E-state index contributed by atoms with van der Waals surface area (Å²) in [6.45, 7) is 0.635. The highest BCUT2D eigenvalue weighted by Gasteiger charge is 2.23. The molecule has 1 saturated heterocycles. The summed E-state index contributed by atoms with van der Waals surface area (Å²) in [4.78, 5) is 41.6. The molecule has 1 N–H and O–H groups in total. The molecule has 1 aliphatic rings. The van der Waals surface area contributed by atoms with Crippen molar-refractivity contribution in [2.45, 2.75) is 6.42 Å². The summed E-state index contributed by atoms with van der Waals surface area (Å²) in [6.07, 6.45) is 0.0823. The molecule has 0 spiro atoms. The molecule has 6 nitrogen and oxygen atoms in total. The molecular weight excluding hydrogens is 388 g/mol. The molecule has 3 aromatic rings. The van der Waals surface area contributed by atoms with Crippen molar-refractivity contribution in [3.8, 4) is 11.3 Å². The normalized spacial score (nSPS) is 13.8. The second-order valence-corrected chi connectivity index (χ2v) is 7.77. The van der Waals surface area contributed by atoms with E-state index in [1.54, 1.807) is 4.90 Å². The number of ether oxygens (including phenoxy) is 1. The van der Waals surface area contributed by atoms with Crippen LogP contribution in [0.3, 0.4) is 0 Å². The average molecular weight is 408 g/mol. The average Bonchev–Trinajstić information content (AvgIpc) is 3.34. The van der Waals surface area contributed by atoms with Crippen molar-refractivity contribution < 1.29 is 19.1 Å². The van der Waals surface area contributed by atoms with Crippen molar-refractivity contribution in [3.05, 3.63) is 60.2 Å². The summed E-state index contributed by atoms with van der Waals surface area (Å²) in [5, 5.41) is 0.785. The zero-order valence-electron chi connectivity index (χ0n) is 15.7. The van der Waals surface area contributed by atoms with Crippen LogP contribution in [0, 0.1) is 0 Å². The van der Waals surface area contributed by atoms with Gasteiger partial charge in [-0.25, -0.2) is 0 Å². The monoisotopic (exact) mass is 408 g/mol. The van der Waals surface area contributed by atoms with E-state index in [4.69, 9.17) is 4.74 Å². The number of esters is 1. The van der Waals surface area contributed by atoms with Gasteiger partial charge in [-0.1, -0.05) is 60.3 Å². The van der Waals surface area contributed by atoms with Gasteiger partial charge in [-0.3, -0.25) is 14.4 Å². The van der Waals surface area contributed by atoms with Crippen molar-refractivity contribution in [3.63, 3.8) is 0 Å². The number of thioether (sulfide) groups is 1. The topological polar surface area (TPSA) is 79.5 Å². The summed E-state index contributed by atoms with van der Waals surface area (Å²) >= 11 is 1.25. The van der Waals surface area contributed by atoms with Crippen molar-refractivity contribution in [2.75, 3.05) is 25.4 Å². The van der Waals surface area contributed by atoms with Gasteiger partial charge in [0, 0.05) is 29.7 Å². The lowest BCUT2D eigenvalue weighted by Crippen LogP contribution is -2.27. The lowest BCUT2D eigenvalue weighted by molar-refractivity contribution is -0.142. The third-order valence-corrected chi connectivity index (χ3v) is 5.73. The standard InChI is InChI=1S/C22H20N2O4S/c25-18(14-28-19(26)10-11-24-12-13-29-22(24)27)20-16-8-4-5-9-17(16)23-21(20)15-6-2-1-3-7-15/h1-9,23H,10-14H2. The Balaban J connectivity index is 1.48. The van der Waals surface area contributed by atoms with Gasteiger partial charge in [0.25, 0.3) is 5.24 Å². The SMILES string of the molecule is O=C(CCN1CCSC1=O)OCC(=O)c1c(-c2ccccc2)[nH]c2ccccc12. The summed E-state index contributed by atoms with van der Waals surface area (Å²) in [6, 6.07) is 17.2. The largest absolute Gasteiger partial charge is 0.457 e. The third kappa shape index (κ3) is 4.19. The number of benzene rings is 2. The predicted molar refractivity (Wildman–Crippen MR) is 113 cm³/mol. The minimum Gasteiger partial charge on any atom is -0.457 e. The Morgan fingerprint density at radius 3 is 2.59 bits per heavy atom. The molecule has 1 amide bonds. The fourth-order valence-corrected chi connectivity index (χ4v) is 4.25. The number of fused-ring (bicyclic) bond motifs is 1. The molecule has 0 radical (unpaired) electrons. The van der Waals surface area contributed by atoms with Crippen LogP contribution in [0.1, 0.15) is 16.8 Å². The minimum atomic E-state index is -0.482. The van der Waals surface area contributed by atoms with Crippen LogP contribution < -0.4 is 0 Å². The first-order valence-corrected chi connectivity index (χ1v) is 10.4. The molecule has 1 fully saturated rings. The zero-order valence-corrected chi connectivity index (χ0v) is 16.5. The van der Waals surface area contributed by atoms with Crippen LogP contribution in [-0.4, -0.2) is 52.3 Å². The van der Waals surface area contributed by atoms with Crippen LogP contribution >= 0.6 is 11.8 Å². The highest BCUT2D eigenvalue weighted by atomic mass is 32.2. The number of amides is 1. The fraction of sp³-hybridized carbons (Fsp3) is 0.227. The molecule has 1 aromatic heterocycles. The number of nitrogens with one attached hydrogen (secondary N) is 1. The summed E-state index contributed by atoms with van der Waals surface area (Å²) in [5.74, 6) is 0.00135. The molecule has 2 aromatic carbocycles. The lowest BCUT2D eigenvalue weighted by Gasteiger charge is -2.13. The first-order valence-electron chi connectivity index (χ1n) is 9.40. The zero-order chi connectivity index (χ0) is 20.2. The fourth-order valence-electron chi connectivity index (χ4n) is 3.40. The number of Topliss-reactive ketones (excluding diaryl/α,β-unsaturated/α-hetero) is 1. The van der Waals surface area contributed by atoms with Crippen LogP contribution in [0.5, 0.6) is 0 Å². The first-order chi connectivity index (χ1) is 14.1. The number of hydrogen-bond donors (Lipinski definition) is 1. The van der Waals surface area contributed by atoms with E-state index in [2.05, 4.69) is 4.98 Å². The van der Waals surface area contributed by atoms with Gasteiger partial charge < -0.3 is 14.6 Å². The Kier molecular flexibility index (Phi) is 5.67. The van der Waals surface area contributed by atoms with Gasteiger partial charge in [-0.05, 0) is 11.6 Å². The lowest BCUT2D eigenvalue weighted by atomic mass is 10.0. The number of H-pyrrole nitrogens is 1. The van der Waals surface area contributed by atoms with Crippen LogP contribution in [0.25, 0.3) is 22.2 Å². The van der Waals surface area contributed by atoms with Gasteiger partial charge in [0.05, 0.1) is 17.7 Å². The van der Waals surface area contributed by atoms with E-state index in [1.807, 2.05) is 54.6 Å². The highest BCUT2D eigenvalue weighted by molar-refractivity contribution is 8.13. The predicted octanol–water partition coefficient (Wildman–Crippen LogP) is 4.12. The van der Waals surface area contributed by atoms with Crippen LogP contribution in [-0.2, 0) is 9.53 Å². The van der Waals surface area contributed by atoms with E-state index in [1.165, 1.54) is 11.8 Å². The van der Waals surface area contributed by atoms with Gasteiger partial charge in [0.15, 0.2) is 6.61 Å². The Morgan fingerprint density at radius 2 is 1.83 bits per heavy atom. The quantitative estimate of drug-likeness (QED) is 0.470. The minimum absolute atomic E-state index is 0.0137. The second kappa shape index (κ2) is 8.53. The molecular formula is C22H20N2O4S. The smallest absolute Gasteiger partial charge is 0.308 e. The maximum atomic E-state index is 13.0. The molecule has 0 atom stereocenters. The number of aromatic amines is 1. The number of aromatic nitrogens is 1. The molecule has 7 heteroatoms. The number of ketones is 1. The Hall–Kier alpha value is -3.06. The van der Waals surface area contributed by atoms with E-state index < -0.39 is 5.97 Å². The summed E-state index contributed by atoms with van der Waals surface area (Å²) < 4.78 is 5.22. The maximum Gasteiger partial charge on any atom is 0.308 e. The molecule has 2 heterocycles. The van der Waals surface area contributed by atoms with Crippen LogP contribution in [0.2, 0.25) is 0 Å². The Labute approximate surface area is 172 Å². The summed E-state index contributed by atoms with van der Waals surface area (Å²) in [5.41, 5.74) is 2.98. The summed E-state index contributed by atoms with van der Waals surface area (Å²) in [7, 11) is 0. The van der Waals surface area contributed by atoms with Crippen molar-refractivity contribution >= 4 is 39.7 Å². The van der Waals surface area contributed by atoms with E-state index in [9.17, 15) is 14.4 Å². The maximum absolute atomic E-state index is 13.0. The van der Waals surface area contributed by atoms with Crippen molar-refractivity contribution in [1.82, 2.24) is 9.88 Å². The molecule has 0 bridgehead atoms. The molecule has 0 aliphatic carbocycles. The van der Waals surface area contributed by atoms with Gasteiger partial charge >= 0.3 is 5.97 Å². The number of carbonyl (C=O) groups is 3. The molecule has 1 aliphatic heterocycles. The second-order valence-electron chi connectivity index (χ2n) is 6.72. The van der Waals surface area contributed by atoms with E-state index in [0.717, 1.165) is 22.2 Å². The molecule has 148 valence electrons. The highest BCUT2D eigenvalue weighted by Crippen LogP contribution is 2.30. The first kappa shape index (κ1) is 19.3. The number of nitrogens with zero attached hydrogens (tertiary/aromatic N) is 1. The van der Waals surface area contributed by atoms with Gasteiger partial charge in [-0.2, -0.15) is 0 Å². The van der Waals surface area contributed by atoms with Crippen LogP contribution in [0.4, 0.5) is 4.79 Å². The van der Waals surface area contributed by atoms with Crippen molar-refractivity contribution in [1.29, 1.82) is 0 Å². The molecule has 29 heavy (non-hydrogen) atoms. The van der Waals surface area contributed by atoms with E-state index in [-0.39, 0.29) is 24.1 Å². The number of hydrogen-bond acceptors (Lipinski definition) is 5. The van der Waals surface area contributed by atoms with Crippen molar-refractivity contribution in [2.24, 2.45) is 0 Å². The number of para-hydroxylation sites is 1. The molecule has 4 rings (SSSR count). The number of rotatable bonds is 7. The van der Waals surface area contributed by atoms with Gasteiger partial charge in [0.2, 0.25) is 5.78 Å².